The minimum atomic E-state index is -0.788. The molecule has 1 aliphatic rings. The van der Waals surface area contributed by atoms with Crippen LogP contribution in [0.5, 0.6) is 5.75 Å². The summed E-state index contributed by atoms with van der Waals surface area (Å²) in [7, 11) is 1.66. The van der Waals surface area contributed by atoms with E-state index in [-0.39, 0.29) is 39.4 Å². The van der Waals surface area contributed by atoms with E-state index in [1.54, 1.807) is 11.6 Å². The second-order valence-corrected chi connectivity index (χ2v) is 9.67. The van der Waals surface area contributed by atoms with Gasteiger partial charge < -0.3 is 24.6 Å². The third-order valence-electron chi connectivity index (χ3n) is 6.20. The molecule has 1 saturated heterocycles. The number of likely N-dealkylation sites (tertiary alicyclic amines) is 1. The number of amides is 1. The maximum Gasteiger partial charge on any atom is 0.256 e. The molecule has 192 valence electrons. The van der Waals surface area contributed by atoms with Crippen LogP contribution in [0.15, 0.2) is 41.3 Å². The van der Waals surface area contributed by atoms with Crippen molar-refractivity contribution in [2.45, 2.75) is 25.0 Å². The van der Waals surface area contributed by atoms with Gasteiger partial charge >= 0.3 is 0 Å². The second-order valence-electron chi connectivity index (χ2n) is 8.86. The van der Waals surface area contributed by atoms with Gasteiger partial charge in [0.2, 0.25) is 5.43 Å². The van der Waals surface area contributed by atoms with Gasteiger partial charge in [0, 0.05) is 50.4 Å². The molecule has 2 N–H and O–H groups in total. The van der Waals surface area contributed by atoms with Gasteiger partial charge in [0.15, 0.2) is 0 Å². The third kappa shape index (κ3) is 5.98. The number of halogens is 4. The molecule has 2 aromatic carbocycles. The van der Waals surface area contributed by atoms with Crippen LogP contribution in [0.3, 0.4) is 0 Å². The van der Waals surface area contributed by atoms with Gasteiger partial charge in [0.1, 0.15) is 35.7 Å². The number of benzene rings is 2. The van der Waals surface area contributed by atoms with Crippen LogP contribution < -0.4 is 15.5 Å². The average Bonchev–Trinajstić information content (AvgIpc) is 2.84. The van der Waals surface area contributed by atoms with E-state index in [1.807, 2.05) is 4.90 Å². The highest BCUT2D eigenvalue weighted by molar-refractivity contribution is 6.31. The molecule has 4 rings (SSSR count). The number of pyridine rings is 1. The highest BCUT2D eigenvalue weighted by Gasteiger charge is 2.24. The summed E-state index contributed by atoms with van der Waals surface area (Å²) in [6.07, 6.45) is 1.88. The number of hydrogen-bond donors (Lipinski definition) is 2. The van der Waals surface area contributed by atoms with Crippen LogP contribution in [-0.2, 0) is 7.05 Å². The molecule has 7 nitrogen and oxygen atoms in total. The van der Waals surface area contributed by atoms with Crippen LogP contribution >= 0.6 is 23.2 Å². The fourth-order valence-electron chi connectivity index (χ4n) is 4.27. The minimum Gasteiger partial charge on any atom is -0.491 e. The molecule has 0 aliphatic carbocycles. The molecular weight excluding hydrogens is 515 g/mol. The predicted octanol–water partition coefficient (Wildman–Crippen LogP) is 3.76. The van der Waals surface area contributed by atoms with Crippen LogP contribution in [0.25, 0.3) is 10.9 Å². The number of β-amino-alcohol motifs (C(OH)–C–C–N with tert-alkyl or cyclic N) is 1. The normalized spacial score (nSPS) is 15.7. The van der Waals surface area contributed by atoms with E-state index in [1.165, 1.54) is 24.4 Å². The molecule has 1 aromatic heterocycles. The Labute approximate surface area is 216 Å². The van der Waals surface area contributed by atoms with E-state index in [0.717, 1.165) is 12.1 Å². The molecule has 1 atom stereocenters. The summed E-state index contributed by atoms with van der Waals surface area (Å²) < 4.78 is 34.4. The van der Waals surface area contributed by atoms with Gasteiger partial charge in [-0.2, -0.15) is 0 Å². The van der Waals surface area contributed by atoms with E-state index in [4.69, 9.17) is 27.9 Å². The highest BCUT2D eigenvalue weighted by Crippen LogP contribution is 2.22. The number of carbonyl (C=O) groups is 1. The van der Waals surface area contributed by atoms with Gasteiger partial charge in [-0.3, -0.25) is 9.59 Å². The zero-order valence-electron chi connectivity index (χ0n) is 19.4. The SMILES string of the molecule is Cn1cc(C(=O)NC2CCN(C[C@@H](O)COc3ccc(Cl)c(F)c3)CC2)c(=O)c2cc(F)c(Cl)cc21. The fraction of sp³-hybridized carbons (Fsp3) is 0.360. The zero-order chi connectivity index (χ0) is 26.0. The molecule has 0 bridgehead atoms. The van der Waals surface area contributed by atoms with Crippen molar-refractivity contribution in [2.24, 2.45) is 7.05 Å². The van der Waals surface area contributed by atoms with Crippen molar-refractivity contribution >= 4 is 40.0 Å². The van der Waals surface area contributed by atoms with Gasteiger partial charge in [-0.15, -0.1) is 0 Å². The van der Waals surface area contributed by atoms with Gasteiger partial charge in [-0.25, -0.2) is 8.78 Å². The lowest BCUT2D eigenvalue weighted by Gasteiger charge is -2.33. The summed E-state index contributed by atoms with van der Waals surface area (Å²) in [4.78, 5) is 27.7. The molecule has 1 fully saturated rings. The number of fused-ring (bicyclic) bond motifs is 1. The van der Waals surface area contributed by atoms with Crippen molar-refractivity contribution in [3.8, 4) is 5.75 Å². The summed E-state index contributed by atoms with van der Waals surface area (Å²) in [5.74, 6) is -1.55. The Bertz CT molecular complexity index is 1340. The number of aliphatic hydroxyl groups excluding tert-OH is 1. The number of nitrogens with one attached hydrogen (secondary N) is 1. The highest BCUT2D eigenvalue weighted by atomic mass is 35.5. The van der Waals surface area contributed by atoms with Crippen molar-refractivity contribution in [1.29, 1.82) is 0 Å². The topological polar surface area (TPSA) is 83.8 Å². The molecule has 0 spiro atoms. The summed E-state index contributed by atoms with van der Waals surface area (Å²) in [6.45, 7) is 1.60. The first-order valence-corrected chi connectivity index (χ1v) is 12.2. The average molecular weight is 540 g/mol. The van der Waals surface area contributed by atoms with Crippen LogP contribution in [0, 0.1) is 11.6 Å². The summed E-state index contributed by atoms with van der Waals surface area (Å²) >= 11 is 11.5. The summed E-state index contributed by atoms with van der Waals surface area (Å²) in [6, 6.07) is 6.34. The first kappa shape index (κ1) is 26.3. The van der Waals surface area contributed by atoms with Crippen molar-refractivity contribution in [2.75, 3.05) is 26.2 Å². The van der Waals surface area contributed by atoms with Crippen LogP contribution in [0.1, 0.15) is 23.2 Å². The molecule has 0 unspecified atom stereocenters. The zero-order valence-corrected chi connectivity index (χ0v) is 21.0. The molecule has 11 heteroatoms. The number of nitrogens with zero attached hydrogens (tertiary/aromatic N) is 2. The monoisotopic (exact) mass is 539 g/mol. The molecule has 3 aromatic rings. The summed E-state index contributed by atoms with van der Waals surface area (Å²) in [5, 5.41) is 13.2. The molecule has 0 radical (unpaired) electrons. The lowest BCUT2D eigenvalue weighted by atomic mass is 10.0. The van der Waals surface area contributed by atoms with Gasteiger partial charge in [0.25, 0.3) is 5.91 Å². The Morgan fingerprint density at radius 1 is 1.17 bits per heavy atom. The number of piperidine rings is 1. The molecule has 1 aliphatic heterocycles. The first-order valence-electron chi connectivity index (χ1n) is 11.4. The Balaban J connectivity index is 1.30. The van der Waals surface area contributed by atoms with Crippen molar-refractivity contribution in [1.82, 2.24) is 14.8 Å². The van der Waals surface area contributed by atoms with E-state index in [2.05, 4.69) is 5.32 Å². The molecule has 1 amide bonds. The largest absolute Gasteiger partial charge is 0.491 e. The first-order chi connectivity index (χ1) is 17.1. The number of aryl methyl sites for hydroxylation is 1. The Morgan fingerprint density at radius 3 is 2.56 bits per heavy atom. The smallest absolute Gasteiger partial charge is 0.256 e. The lowest BCUT2D eigenvalue weighted by Crippen LogP contribution is -2.47. The quantitative estimate of drug-likeness (QED) is 0.477. The maximum atomic E-state index is 13.9. The fourth-order valence-corrected chi connectivity index (χ4v) is 4.55. The number of carbonyl (C=O) groups excluding carboxylic acids is 1. The molecule has 0 saturated carbocycles. The standard InChI is InChI=1S/C25H25Cl2F2N3O4/c1-31-12-18(24(34)17-9-22(29)20(27)10-23(17)31)25(35)30-14-4-6-32(7-5-14)11-15(33)13-36-16-2-3-19(26)21(28)8-16/h2-3,8-10,12,14-15,33H,4-7,11,13H2,1H3,(H,30,35)/t15-/m1/s1. The van der Waals surface area contributed by atoms with Gasteiger partial charge in [-0.1, -0.05) is 23.2 Å². The summed E-state index contributed by atoms with van der Waals surface area (Å²) in [5.41, 5.74) is -0.197. The lowest BCUT2D eigenvalue weighted by molar-refractivity contribution is 0.0567. The molecular formula is C25H25Cl2F2N3O4. The van der Waals surface area contributed by atoms with Crippen molar-refractivity contribution in [3.05, 3.63) is 74.0 Å². The third-order valence-corrected chi connectivity index (χ3v) is 6.80. The van der Waals surface area contributed by atoms with Gasteiger partial charge in [-0.05, 0) is 37.1 Å². The number of rotatable bonds is 7. The van der Waals surface area contributed by atoms with E-state index in [9.17, 15) is 23.5 Å². The number of hydrogen-bond acceptors (Lipinski definition) is 5. The van der Waals surface area contributed by atoms with E-state index in [0.29, 0.717) is 38.0 Å². The Morgan fingerprint density at radius 2 is 1.86 bits per heavy atom. The van der Waals surface area contributed by atoms with Crippen LogP contribution in [-0.4, -0.2) is 58.9 Å². The van der Waals surface area contributed by atoms with Crippen molar-refractivity contribution in [3.63, 3.8) is 0 Å². The predicted molar refractivity (Wildman–Crippen MR) is 134 cm³/mol. The maximum absolute atomic E-state index is 13.9. The number of aliphatic hydroxyl groups is 1. The number of aromatic nitrogens is 1. The molecule has 2 heterocycles. The molecule has 36 heavy (non-hydrogen) atoms. The minimum absolute atomic E-state index is 0.00217. The Kier molecular flexibility index (Phi) is 8.14. The van der Waals surface area contributed by atoms with E-state index >= 15 is 0 Å². The van der Waals surface area contributed by atoms with Crippen molar-refractivity contribution < 1.29 is 23.4 Å². The van der Waals surface area contributed by atoms with Crippen LogP contribution in [0.4, 0.5) is 8.78 Å². The second kappa shape index (κ2) is 11.1. The Hall–Kier alpha value is -2.72. The van der Waals surface area contributed by atoms with Gasteiger partial charge in [0.05, 0.1) is 15.6 Å². The van der Waals surface area contributed by atoms with E-state index < -0.39 is 29.1 Å². The number of ether oxygens (including phenoxy) is 1. The van der Waals surface area contributed by atoms with Crippen LogP contribution in [0.2, 0.25) is 10.0 Å².